The number of halogens is 1. The molecule has 132 valence electrons. The summed E-state index contributed by atoms with van der Waals surface area (Å²) in [4.78, 5) is 18.6. The van der Waals surface area contributed by atoms with Crippen molar-refractivity contribution in [2.75, 3.05) is 20.2 Å². The maximum absolute atomic E-state index is 12.4. The largest absolute Gasteiger partial charge is 0.496 e. The minimum Gasteiger partial charge on any atom is -0.496 e. The van der Waals surface area contributed by atoms with Crippen molar-refractivity contribution in [1.82, 2.24) is 15.0 Å². The number of aryl methyl sites for hydroxylation is 1. The number of benzene rings is 1. The summed E-state index contributed by atoms with van der Waals surface area (Å²) < 4.78 is 11.5. The Morgan fingerprint density at radius 2 is 2.16 bits per heavy atom. The van der Waals surface area contributed by atoms with Crippen LogP contribution in [0.4, 0.5) is 0 Å². The molecule has 0 bridgehead atoms. The first-order chi connectivity index (χ1) is 12.1. The molecule has 0 spiro atoms. The number of ether oxygens (including phenoxy) is 1. The summed E-state index contributed by atoms with van der Waals surface area (Å²) in [5, 5.41) is 3.84. The van der Waals surface area contributed by atoms with Crippen molar-refractivity contribution in [1.29, 1.82) is 0 Å². The molecule has 25 heavy (non-hydrogen) atoms. The van der Waals surface area contributed by atoms with E-state index in [-0.39, 0.29) is 11.8 Å². The van der Waals surface area contributed by atoms with E-state index in [0.29, 0.717) is 24.8 Å². The predicted octanol–water partition coefficient (Wildman–Crippen LogP) is 3.57. The number of hydrogen-bond acceptors (Lipinski definition) is 5. The zero-order chi connectivity index (χ0) is 17.8. The third-order valence-electron chi connectivity index (χ3n) is 4.30. The first kappa shape index (κ1) is 17.7. The Kier molecular flexibility index (Phi) is 5.53. The molecule has 2 aromatic rings. The standard InChI is InChI=1S/C18H20BrN3O3/c1-12-20-18(25-21-12)13-7-9-22(10-8-13)17(23)6-3-14-11-15(19)4-5-16(14)24-2/h3-6,11,13H,7-10H2,1-2H3. The lowest BCUT2D eigenvalue weighted by molar-refractivity contribution is -0.127. The van der Waals surface area contributed by atoms with Crippen LogP contribution in [-0.4, -0.2) is 41.1 Å². The van der Waals surface area contributed by atoms with Crippen LogP contribution in [0.15, 0.2) is 33.3 Å². The van der Waals surface area contributed by atoms with E-state index in [1.165, 1.54) is 0 Å². The zero-order valence-electron chi connectivity index (χ0n) is 14.2. The number of hydrogen-bond donors (Lipinski definition) is 0. The van der Waals surface area contributed by atoms with Gasteiger partial charge < -0.3 is 14.2 Å². The van der Waals surface area contributed by atoms with E-state index in [2.05, 4.69) is 26.1 Å². The third-order valence-corrected chi connectivity index (χ3v) is 4.79. The number of likely N-dealkylation sites (tertiary alicyclic amines) is 1. The molecule has 7 heteroatoms. The van der Waals surface area contributed by atoms with E-state index in [0.717, 1.165) is 28.6 Å². The molecule has 1 aromatic heterocycles. The summed E-state index contributed by atoms with van der Waals surface area (Å²) in [5.74, 6) is 2.30. The number of carbonyl (C=O) groups excluding carboxylic acids is 1. The second-order valence-corrected chi connectivity index (χ2v) is 6.91. The number of amides is 1. The molecule has 1 aromatic carbocycles. The highest BCUT2D eigenvalue weighted by atomic mass is 79.9. The van der Waals surface area contributed by atoms with Crippen LogP contribution >= 0.6 is 15.9 Å². The van der Waals surface area contributed by atoms with Gasteiger partial charge in [0.15, 0.2) is 5.82 Å². The second kappa shape index (κ2) is 7.82. The third kappa shape index (κ3) is 4.28. The fraction of sp³-hybridized carbons (Fsp3) is 0.389. The smallest absolute Gasteiger partial charge is 0.246 e. The quantitative estimate of drug-likeness (QED) is 0.727. The van der Waals surface area contributed by atoms with Crippen LogP contribution in [0.25, 0.3) is 6.08 Å². The molecule has 3 rings (SSSR count). The minimum atomic E-state index is 0.00203. The molecule has 0 unspecified atom stereocenters. The molecule has 1 aliphatic rings. The van der Waals surface area contributed by atoms with Crippen molar-refractivity contribution < 1.29 is 14.1 Å². The average molecular weight is 406 g/mol. The molecular weight excluding hydrogens is 386 g/mol. The number of rotatable bonds is 4. The van der Waals surface area contributed by atoms with Crippen LogP contribution < -0.4 is 4.74 Å². The Bertz CT molecular complexity index is 780. The molecular formula is C18H20BrN3O3. The predicted molar refractivity (Wildman–Crippen MR) is 97.3 cm³/mol. The van der Waals surface area contributed by atoms with Gasteiger partial charge in [-0.25, -0.2) is 0 Å². The van der Waals surface area contributed by atoms with Gasteiger partial charge in [-0.2, -0.15) is 4.98 Å². The van der Waals surface area contributed by atoms with Crippen LogP contribution in [0, 0.1) is 6.92 Å². The lowest BCUT2D eigenvalue weighted by atomic mass is 9.96. The lowest BCUT2D eigenvalue weighted by Gasteiger charge is -2.29. The van der Waals surface area contributed by atoms with Crippen molar-refractivity contribution in [3.05, 3.63) is 46.0 Å². The van der Waals surface area contributed by atoms with Crippen molar-refractivity contribution in [2.24, 2.45) is 0 Å². The van der Waals surface area contributed by atoms with Gasteiger partial charge in [-0.1, -0.05) is 21.1 Å². The summed E-state index contributed by atoms with van der Waals surface area (Å²) in [6, 6.07) is 5.70. The molecule has 1 aliphatic heterocycles. The van der Waals surface area contributed by atoms with Crippen LogP contribution in [-0.2, 0) is 4.79 Å². The van der Waals surface area contributed by atoms with Crippen LogP contribution in [0.1, 0.15) is 36.0 Å². The number of methoxy groups -OCH3 is 1. The molecule has 0 radical (unpaired) electrons. The lowest BCUT2D eigenvalue weighted by Crippen LogP contribution is -2.36. The van der Waals surface area contributed by atoms with Crippen LogP contribution in [0.2, 0.25) is 0 Å². The first-order valence-electron chi connectivity index (χ1n) is 8.17. The van der Waals surface area contributed by atoms with Gasteiger partial charge in [0.05, 0.1) is 7.11 Å². The van der Waals surface area contributed by atoms with Gasteiger partial charge in [-0.05, 0) is 44.0 Å². The Hall–Kier alpha value is -2.15. The van der Waals surface area contributed by atoms with Crippen molar-refractivity contribution in [3.63, 3.8) is 0 Å². The highest BCUT2D eigenvalue weighted by Crippen LogP contribution is 2.27. The van der Waals surface area contributed by atoms with Gasteiger partial charge in [0, 0.05) is 35.1 Å². The number of carbonyl (C=O) groups is 1. The molecule has 0 saturated carbocycles. The summed E-state index contributed by atoms with van der Waals surface area (Å²) in [6.45, 7) is 3.18. The number of aromatic nitrogens is 2. The summed E-state index contributed by atoms with van der Waals surface area (Å²) in [6.07, 6.45) is 5.06. The van der Waals surface area contributed by atoms with E-state index in [1.807, 2.05) is 30.0 Å². The first-order valence-corrected chi connectivity index (χ1v) is 8.97. The summed E-state index contributed by atoms with van der Waals surface area (Å²) >= 11 is 3.43. The summed E-state index contributed by atoms with van der Waals surface area (Å²) in [5.41, 5.74) is 0.862. The monoisotopic (exact) mass is 405 g/mol. The van der Waals surface area contributed by atoms with Gasteiger partial charge in [0.2, 0.25) is 11.8 Å². The topological polar surface area (TPSA) is 68.5 Å². The normalized spacial score (nSPS) is 15.7. The minimum absolute atomic E-state index is 0.00203. The summed E-state index contributed by atoms with van der Waals surface area (Å²) in [7, 11) is 1.62. The van der Waals surface area contributed by atoms with Crippen molar-refractivity contribution >= 4 is 27.9 Å². The second-order valence-electron chi connectivity index (χ2n) is 6.00. The Morgan fingerprint density at radius 3 is 2.80 bits per heavy atom. The van der Waals surface area contributed by atoms with Gasteiger partial charge in [-0.3, -0.25) is 4.79 Å². The maximum Gasteiger partial charge on any atom is 0.246 e. The van der Waals surface area contributed by atoms with E-state index >= 15 is 0 Å². The number of nitrogens with zero attached hydrogens (tertiary/aromatic N) is 3. The zero-order valence-corrected chi connectivity index (χ0v) is 15.8. The average Bonchev–Trinajstić information content (AvgIpc) is 3.06. The molecule has 1 saturated heterocycles. The molecule has 1 amide bonds. The fourth-order valence-corrected chi connectivity index (χ4v) is 3.31. The Morgan fingerprint density at radius 1 is 1.40 bits per heavy atom. The number of piperidine rings is 1. The van der Waals surface area contributed by atoms with Crippen LogP contribution in [0.5, 0.6) is 5.75 Å². The van der Waals surface area contributed by atoms with Gasteiger partial charge in [0.1, 0.15) is 5.75 Å². The fourth-order valence-electron chi connectivity index (χ4n) is 2.93. The van der Waals surface area contributed by atoms with E-state index < -0.39 is 0 Å². The SMILES string of the molecule is COc1ccc(Br)cc1C=CC(=O)N1CCC(c2nc(C)no2)CC1. The molecule has 0 N–H and O–H groups in total. The van der Waals surface area contributed by atoms with Crippen LogP contribution in [0.3, 0.4) is 0 Å². The van der Waals surface area contributed by atoms with Gasteiger partial charge >= 0.3 is 0 Å². The van der Waals surface area contributed by atoms with E-state index in [9.17, 15) is 4.79 Å². The Labute approximate surface area is 155 Å². The molecule has 0 atom stereocenters. The highest BCUT2D eigenvalue weighted by molar-refractivity contribution is 9.10. The molecule has 2 heterocycles. The van der Waals surface area contributed by atoms with Gasteiger partial charge in [0.25, 0.3) is 0 Å². The van der Waals surface area contributed by atoms with Crippen molar-refractivity contribution in [2.45, 2.75) is 25.7 Å². The van der Waals surface area contributed by atoms with Crippen molar-refractivity contribution in [3.8, 4) is 5.75 Å². The van der Waals surface area contributed by atoms with E-state index in [4.69, 9.17) is 9.26 Å². The molecule has 6 nitrogen and oxygen atoms in total. The van der Waals surface area contributed by atoms with Gasteiger partial charge in [-0.15, -0.1) is 0 Å². The highest BCUT2D eigenvalue weighted by Gasteiger charge is 2.26. The van der Waals surface area contributed by atoms with E-state index in [1.54, 1.807) is 19.3 Å². The maximum atomic E-state index is 12.4. The molecule has 1 fully saturated rings. The molecule has 0 aliphatic carbocycles. The Balaban J connectivity index is 1.60.